The molecule has 8 heteroatoms. The first-order valence-corrected chi connectivity index (χ1v) is 11.2. The number of nitrogens with two attached hydrogens (primary N) is 1. The summed E-state index contributed by atoms with van der Waals surface area (Å²) in [6.45, 7) is 4.59. The molecule has 1 saturated heterocycles. The number of primary amides is 1. The first-order valence-electron chi connectivity index (χ1n) is 11.2. The number of benzene rings is 2. The number of para-hydroxylation sites is 1. The van der Waals surface area contributed by atoms with Crippen molar-refractivity contribution in [3.63, 3.8) is 0 Å². The van der Waals surface area contributed by atoms with Crippen molar-refractivity contribution in [3.05, 3.63) is 65.7 Å². The van der Waals surface area contributed by atoms with Crippen LogP contribution in [0.25, 0.3) is 0 Å². The van der Waals surface area contributed by atoms with Crippen LogP contribution in [0.2, 0.25) is 0 Å². The van der Waals surface area contributed by atoms with Crippen molar-refractivity contribution >= 4 is 35.8 Å². The van der Waals surface area contributed by atoms with E-state index in [0.29, 0.717) is 13.2 Å². The molecule has 0 bridgehead atoms. The van der Waals surface area contributed by atoms with Gasteiger partial charge in [0, 0.05) is 33.7 Å². The Morgan fingerprint density at radius 1 is 1.21 bits per heavy atom. The molecule has 1 aliphatic rings. The maximum absolute atomic E-state index is 11.5. The third-order valence-corrected chi connectivity index (χ3v) is 5.77. The number of nitrogens with zero attached hydrogens (tertiary/aromatic N) is 3. The summed E-state index contributed by atoms with van der Waals surface area (Å²) in [7, 11) is 3.80. The summed E-state index contributed by atoms with van der Waals surface area (Å²) in [4.78, 5) is 20.3. The van der Waals surface area contributed by atoms with Gasteiger partial charge in [-0.3, -0.25) is 14.7 Å². The van der Waals surface area contributed by atoms with Gasteiger partial charge >= 0.3 is 0 Å². The Balaban J connectivity index is 0.00000385. The maximum Gasteiger partial charge on any atom is 0.221 e. The zero-order valence-corrected chi connectivity index (χ0v) is 21.9. The summed E-state index contributed by atoms with van der Waals surface area (Å²) in [5.41, 5.74) is 7.96. The van der Waals surface area contributed by atoms with Crippen LogP contribution in [-0.2, 0) is 17.9 Å². The summed E-state index contributed by atoms with van der Waals surface area (Å²) < 4.78 is 5.79. The lowest BCUT2D eigenvalue weighted by Gasteiger charge is -2.31. The van der Waals surface area contributed by atoms with E-state index in [1.165, 1.54) is 11.1 Å². The van der Waals surface area contributed by atoms with E-state index in [-0.39, 0.29) is 35.8 Å². The molecule has 0 aromatic heterocycles. The summed E-state index contributed by atoms with van der Waals surface area (Å²) in [6.07, 6.45) is 1.92. The molecule has 3 N–H and O–H groups in total. The van der Waals surface area contributed by atoms with Crippen LogP contribution >= 0.6 is 24.0 Å². The van der Waals surface area contributed by atoms with Crippen molar-refractivity contribution in [2.45, 2.75) is 25.9 Å². The van der Waals surface area contributed by atoms with Gasteiger partial charge in [0.2, 0.25) is 5.91 Å². The Morgan fingerprint density at radius 3 is 2.70 bits per heavy atom. The lowest BCUT2D eigenvalue weighted by atomic mass is 9.97. The number of hydrogen-bond acceptors (Lipinski definition) is 4. The molecular weight excluding hydrogens is 529 g/mol. The highest BCUT2D eigenvalue weighted by atomic mass is 127. The number of carbonyl (C=O) groups is 1. The number of guanidine groups is 1. The molecule has 2 aromatic carbocycles. The number of likely N-dealkylation sites (tertiary alicyclic amines) is 1. The van der Waals surface area contributed by atoms with Gasteiger partial charge < -0.3 is 20.7 Å². The first-order chi connectivity index (χ1) is 15.5. The van der Waals surface area contributed by atoms with Crippen LogP contribution in [0.4, 0.5) is 0 Å². The third kappa shape index (κ3) is 8.85. The number of nitrogens with one attached hydrogen (secondary N) is 1. The minimum atomic E-state index is -0.183. The van der Waals surface area contributed by atoms with Crippen molar-refractivity contribution in [1.29, 1.82) is 0 Å². The van der Waals surface area contributed by atoms with Gasteiger partial charge in [-0.2, -0.15) is 0 Å². The maximum atomic E-state index is 11.5. The summed E-state index contributed by atoms with van der Waals surface area (Å²) in [5, 5.41) is 3.43. The van der Waals surface area contributed by atoms with E-state index in [0.717, 1.165) is 50.7 Å². The van der Waals surface area contributed by atoms with E-state index >= 15 is 0 Å². The molecule has 1 fully saturated rings. The number of amides is 1. The molecule has 2 aromatic rings. The lowest BCUT2D eigenvalue weighted by molar-refractivity contribution is -0.123. The fourth-order valence-electron chi connectivity index (χ4n) is 4.02. The van der Waals surface area contributed by atoms with Gasteiger partial charge in [-0.1, -0.05) is 42.5 Å². The standard InChI is InChI=1S/C25H35N5O2.HI/c1-27-25(29(2)14-15-32-23-11-4-3-5-12-23)28-17-20-8-6-9-21(16-20)18-30-13-7-10-22(19-30)24(26)31;/h3-6,8-9,11-12,16,22H,7,10,13-15,17-19H2,1-2H3,(H2,26,31)(H,27,28);1H. The minimum absolute atomic E-state index is 0. The van der Waals surface area contributed by atoms with E-state index in [1.54, 1.807) is 7.05 Å². The predicted molar refractivity (Wildman–Crippen MR) is 144 cm³/mol. The van der Waals surface area contributed by atoms with Crippen molar-refractivity contribution in [2.75, 3.05) is 40.3 Å². The molecular formula is C25H36IN5O2. The second-order valence-corrected chi connectivity index (χ2v) is 8.28. The van der Waals surface area contributed by atoms with E-state index in [9.17, 15) is 4.79 Å². The number of ether oxygens (including phenoxy) is 1. The van der Waals surface area contributed by atoms with E-state index < -0.39 is 0 Å². The second kappa shape index (κ2) is 14.0. The zero-order chi connectivity index (χ0) is 22.8. The molecule has 1 unspecified atom stereocenters. The lowest BCUT2D eigenvalue weighted by Crippen LogP contribution is -2.41. The van der Waals surface area contributed by atoms with Gasteiger partial charge in [0.05, 0.1) is 12.5 Å². The molecule has 7 nitrogen and oxygen atoms in total. The summed E-state index contributed by atoms with van der Waals surface area (Å²) in [6, 6.07) is 18.4. The van der Waals surface area contributed by atoms with E-state index in [2.05, 4.69) is 44.4 Å². The number of likely N-dealkylation sites (N-methyl/N-ethyl adjacent to an activating group) is 1. The van der Waals surface area contributed by atoms with Crippen LogP contribution in [0.1, 0.15) is 24.0 Å². The van der Waals surface area contributed by atoms with Gasteiger partial charge in [-0.05, 0) is 42.6 Å². The van der Waals surface area contributed by atoms with Crippen LogP contribution < -0.4 is 15.8 Å². The van der Waals surface area contributed by atoms with Crippen molar-refractivity contribution in [2.24, 2.45) is 16.6 Å². The number of rotatable bonds is 9. The Labute approximate surface area is 214 Å². The van der Waals surface area contributed by atoms with Crippen LogP contribution in [-0.4, -0.2) is 62.0 Å². The SMILES string of the molecule is CN=C(NCc1cccc(CN2CCCC(C(N)=O)C2)c1)N(C)CCOc1ccccc1.I. The largest absolute Gasteiger partial charge is 0.492 e. The quantitative estimate of drug-likeness (QED) is 0.278. The number of hydrogen-bond donors (Lipinski definition) is 2. The smallest absolute Gasteiger partial charge is 0.221 e. The fraction of sp³-hybridized carbons (Fsp3) is 0.440. The third-order valence-electron chi connectivity index (χ3n) is 5.77. The molecule has 33 heavy (non-hydrogen) atoms. The van der Waals surface area contributed by atoms with Crippen LogP contribution in [0.15, 0.2) is 59.6 Å². The predicted octanol–water partition coefficient (Wildman–Crippen LogP) is 3.09. The Hall–Kier alpha value is -2.33. The monoisotopic (exact) mass is 565 g/mol. The molecule has 180 valence electrons. The average Bonchev–Trinajstić information content (AvgIpc) is 2.80. The zero-order valence-electron chi connectivity index (χ0n) is 19.6. The number of carbonyl (C=O) groups excluding carboxylic acids is 1. The van der Waals surface area contributed by atoms with Gasteiger partial charge in [0.25, 0.3) is 0 Å². The molecule has 1 heterocycles. The molecule has 1 atom stereocenters. The number of aliphatic imine (C=N–C) groups is 1. The highest BCUT2D eigenvalue weighted by Gasteiger charge is 2.23. The fourth-order valence-corrected chi connectivity index (χ4v) is 4.02. The van der Waals surface area contributed by atoms with Gasteiger partial charge in [-0.15, -0.1) is 24.0 Å². The Bertz CT molecular complexity index is 893. The van der Waals surface area contributed by atoms with Crippen molar-refractivity contribution in [3.8, 4) is 5.75 Å². The summed E-state index contributed by atoms with van der Waals surface area (Å²) in [5.74, 6) is 1.49. The van der Waals surface area contributed by atoms with Crippen molar-refractivity contribution in [1.82, 2.24) is 15.1 Å². The molecule has 3 rings (SSSR count). The molecule has 0 radical (unpaired) electrons. The topological polar surface area (TPSA) is 83.2 Å². The van der Waals surface area contributed by atoms with E-state index in [1.807, 2.05) is 37.4 Å². The highest BCUT2D eigenvalue weighted by Crippen LogP contribution is 2.19. The normalized spacial score (nSPS) is 16.5. The highest BCUT2D eigenvalue weighted by molar-refractivity contribution is 14.0. The second-order valence-electron chi connectivity index (χ2n) is 8.28. The van der Waals surface area contributed by atoms with Gasteiger partial charge in [-0.25, -0.2) is 0 Å². The Kier molecular flexibility index (Phi) is 11.5. The number of piperidine rings is 1. The van der Waals surface area contributed by atoms with Crippen LogP contribution in [0.5, 0.6) is 5.75 Å². The van der Waals surface area contributed by atoms with Crippen molar-refractivity contribution < 1.29 is 9.53 Å². The molecule has 0 saturated carbocycles. The number of halogens is 1. The molecule has 1 aliphatic heterocycles. The molecule has 0 aliphatic carbocycles. The van der Waals surface area contributed by atoms with E-state index in [4.69, 9.17) is 10.5 Å². The molecule has 0 spiro atoms. The Morgan fingerprint density at radius 2 is 1.97 bits per heavy atom. The van der Waals surface area contributed by atoms with Gasteiger partial charge in [0.15, 0.2) is 5.96 Å². The summed E-state index contributed by atoms with van der Waals surface area (Å²) >= 11 is 0. The van der Waals surface area contributed by atoms with Gasteiger partial charge in [0.1, 0.15) is 12.4 Å². The van der Waals surface area contributed by atoms with Crippen LogP contribution in [0.3, 0.4) is 0 Å². The first kappa shape index (κ1) is 26.9. The minimum Gasteiger partial charge on any atom is -0.492 e. The average molecular weight is 566 g/mol. The molecule has 1 amide bonds. The van der Waals surface area contributed by atoms with Crippen LogP contribution in [0, 0.1) is 5.92 Å².